The van der Waals surface area contributed by atoms with E-state index in [9.17, 15) is 4.79 Å². The van der Waals surface area contributed by atoms with Crippen molar-refractivity contribution in [3.8, 4) is 11.3 Å². The number of likely N-dealkylation sites (tertiary alicyclic amines) is 1. The Kier molecular flexibility index (Phi) is 4.68. The van der Waals surface area contributed by atoms with Crippen LogP contribution in [0.2, 0.25) is 5.02 Å². The van der Waals surface area contributed by atoms with Gasteiger partial charge in [-0.2, -0.15) is 0 Å². The quantitative estimate of drug-likeness (QED) is 0.936. The van der Waals surface area contributed by atoms with Crippen LogP contribution in [0, 0.1) is 5.92 Å². The summed E-state index contributed by atoms with van der Waals surface area (Å²) in [7, 11) is 0. The Hall–Kier alpha value is -1.85. The van der Waals surface area contributed by atoms with Crippen LogP contribution in [0.3, 0.4) is 0 Å². The first kappa shape index (κ1) is 16.0. The van der Waals surface area contributed by atoms with Crippen LogP contribution in [0.15, 0.2) is 34.9 Å². The molecule has 1 aromatic heterocycles. The van der Waals surface area contributed by atoms with E-state index >= 15 is 0 Å². The molecule has 1 saturated heterocycles. The standard InChI is InChI=1S/C17H20ClN3O2/c1-11(19)12-6-8-21(9-7-12)17(22)16-10-15(20-23-16)13-4-2-3-5-14(13)18/h2-5,10-12H,6-9,19H2,1H3/t11-/m1/s1. The maximum Gasteiger partial charge on any atom is 0.292 e. The van der Waals surface area contributed by atoms with Gasteiger partial charge in [0, 0.05) is 30.8 Å². The number of aromatic nitrogens is 1. The Morgan fingerprint density at radius 1 is 1.39 bits per heavy atom. The highest BCUT2D eigenvalue weighted by Gasteiger charge is 2.27. The van der Waals surface area contributed by atoms with Crippen LogP contribution in [0.1, 0.15) is 30.3 Å². The summed E-state index contributed by atoms with van der Waals surface area (Å²) >= 11 is 6.15. The average molecular weight is 334 g/mol. The first-order valence-electron chi connectivity index (χ1n) is 7.82. The molecule has 6 heteroatoms. The third-order valence-electron chi connectivity index (χ3n) is 4.44. The molecule has 3 rings (SSSR count). The summed E-state index contributed by atoms with van der Waals surface area (Å²) in [6.07, 6.45) is 1.85. The van der Waals surface area contributed by atoms with E-state index in [-0.39, 0.29) is 17.7 Å². The smallest absolute Gasteiger partial charge is 0.292 e. The third kappa shape index (κ3) is 3.41. The van der Waals surface area contributed by atoms with Crippen molar-refractivity contribution in [3.05, 3.63) is 41.1 Å². The van der Waals surface area contributed by atoms with Crippen molar-refractivity contribution in [2.45, 2.75) is 25.8 Å². The van der Waals surface area contributed by atoms with Crippen LogP contribution in [-0.4, -0.2) is 35.1 Å². The Morgan fingerprint density at radius 2 is 2.09 bits per heavy atom. The van der Waals surface area contributed by atoms with E-state index in [1.54, 1.807) is 17.0 Å². The first-order valence-corrected chi connectivity index (χ1v) is 8.20. The zero-order valence-electron chi connectivity index (χ0n) is 13.0. The fourth-order valence-corrected chi connectivity index (χ4v) is 3.19. The van der Waals surface area contributed by atoms with Gasteiger partial charge in [0.1, 0.15) is 5.69 Å². The normalized spacial score (nSPS) is 17.3. The van der Waals surface area contributed by atoms with Gasteiger partial charge in [0.2, 0.25) is 5.76 Å². The fourth-order valence-electron chi connectivity index (χ4n) is 2.96. The molecule has 1 atom stereocenters. The highest BCUT2D eigenvalue weighted by atomic mass is 35.5. The Morgan fingerprint density at radius 3 is 2.74 bits per heavy atom. The molecule has 1 aromatic carbocycles. The van der Waals surface area contributed by atoms with Gasteiger partial charge in [-0.15, -0.1) is 0 Å². The molecule has 1 aliphatic heterocycles. The molecule has 2 aromatic rings. The number of carbonyl (C=O) groups is 1. The van der Waals surface area contributed by atoms with Crippen LogP contribution in [0.4, 0.5) is 0 Å². The van der Waals surface area contributed by atoms with Gasteiger partial charge in [-0.25, -0.2) is 0 Å². The first-order chi connectivity index (χ1) is 11.1. The van der Waals surface area contributed by atoms with Crippen molar-refractivity contribution in [1.82, 2.24) is 10.1 Å². The van der Waals surface area contributed by atoms with Gasteiger partial charge in [-0.1, -0.05) is 35.0 Å². The van der Waals surface area contributed by atoms with E-state index in [1.165, 1.54) is 0 Å². The minimum atomic E-state index is -0.126. The number of hydrogen-bond donors (Lipinski definition) is 1. The number of halogens is 1. The molecule has 0 aliphatic carbocycles. The Labute approximate surface area is 140 Å². The van der Waals surface area contributed by atoms with Gasteiger partial charge in [0.15, 0.2) is 0 Å². The predicted molar refractivity (Wildman–Crippen MR) is 89.2 cm³/mol. The predicted octanol–water partition coefficient (Wildman–Crippen LogP) is 3.19. The summed E-state index contributed by atoms with van der Waals surface area (Å²) in [6.45, 7) is 3.43. The molecule has 2 N–H and O–H groups in total. The van der Waals surface area contributed by atoms with E-state index in [4.69, 9.17) is 21.9 Å². The molecule has 1 amide bonds. The second-order valence-corrected chi connectivity index (χ2v) is 6.45. The largest absolute Gasteiger partial charge is 0.350 e. The summed E-state index contributed by atoms with van der Waals surface area (Å²) in [4.78, 5) is 14.3. The average Bonchev–Trinajstić information content (AvgIpc) is 3.04. The van der Waals surface area contributed by atoms with E-state index < -0.39 is 0 Å². The summed E-state index contributed by atoms with van der Waals surface area (Å²) in [5.41, 5.74) is 7.27. The minimum Gasteiger partial charge on any atom is -0.350 e. The van der Waals surface area contributed by atoms with Crippen LogP contribution in [-0.2, 0) is 0 Å². The molecule has 1 fully saturated rings. The number of nitrogens with two attached hydrogens (primary N) is 1. The van der Waals surface area contributed by atoms with Gasteiger partial charge >= 0.3 is 0 Å². The topological polar surface area (TPSA) is 72.4 Å². The van der Waals surface area contributed by atoms with Crippen LogP contribution in [0.25, 0.3) is 11.3 Å². The van der Waals surface area contributed by atoms with Crippen molar-refractivity contribution in [3.63, 3.8) is 0 Å². The zero-order chi connectivity index (χ0) is 16.4. The van der Waals surface area contributed by atoms with E-state index in [0.29, 0.717) is 29.7 Å². The highest BCUT2D eigenvalue weighted by molar-refractivity contribution is 6.33. The van der Waals surface area contributed by atoms with Gasteiger partial charge in [-0.3, -0.25) is 4.79 Å². The summed E-state index contributed by atoms with van der Waals surface area (Å²) in [6, 6.07) is 9.18. The maximum atomic E-state index is 12.5. The van der Waals surface area contributed by atoms with Crippen LogP contribution >= 0.6 is 11.6 Å². The van der Waals surface area contributed by atoms with Gasteiger partial charge in [0.05, 0.1) is 5.02 Å². The zero-order valence-corrected chi connectivity index (χ0v) is 13.8. The van der Waals surface area contributed by atoms with E-state index in [1.807, 2.05) is 25.1 Å². The number of hydrogen-bond acceptors (Lipinski definition) is 4. The van der Waals surface area contributed by atoms with Crippen molar-refractivity contribution in [1.29, 1.82) is 0 Å². The molecule has 1 aliphatic rings. The Balaban J connectivity index is 1.71. The lowest BCUT2D eigenvalue weighted by molar-refractivity contribution is 0.0639. The molecule has 0 radical (unpaired) electrons. The fraction of sp³-hybridized carbons (Fsp3) is 0.412. The molecule has 0 bridgehead atoms. The van der Waals surface area contributed by atoms with Crippen molar-refractivity contribution < 1.29 is 9.32 Å². The van der Waals surface area contributed by atoms with Gasteiger partial charge < -0.3 is 15.2 Å². The number of piperidine rings is 1. The monoisotopic (exact) mass is 333 g/mol. The second-order valence-electron chi connectivity index (χ2n) is 6.04. The van der Waals surface area contributed by atoms with Gasteiger partial charge in [-0.05, 0) is 31.7 Å². The maximum absolute atomic E-state index is 12.5. The lowest BCUT2D eigenvalue weighted by atomic mass is 9.91. The van der Waals surface area contributed by atoms with Crippen LogP contribution in [0.5, 0.6) is 0 Å². The number of rotatable bonds is 3. The molecule has 0 unspecified atom stereocenters. The molecule has 5 nitrogen and oxygen atoms in total. The van der Waals surface area contributed by atoms with E-state index in [2.05, 4.69) is 5.16 Å². The molecule has 23 heavy (non-hydrogen) atoms. The lowest BCUT2D eigenvalue weighted by Crippen LogP contribution is -2.42. The number of amides is 1. The van der Waals surface area contributed by atoms with Gasteiger partial charge in [0.25, 0.3) is 5.91 Å². The summed E-state index contributed by atoms with van der Waals surface area (Å²) in [5.74, 6) is 0.602. The van der Waals surface area contributed by atoms with Crippen molar-refractivity contribution >= 4 is 17.5 Å². The number of carbonyl (C=O) groups excluding carboxylic acids is 1. The molecule has 122 valence electrons. The van der Waals surface area contributed by atoms with Crippen molar-refractivity contribution in [2.75, 3.05) is 13.1 Å². The van der Waals surface area contributed by atoms with E-state index in [0.717, 1.165) is 18.4 Å². The number of nitrogens with zero attached hydrogens (tertiary/aromatic N) is 2. The molecular formula is C17H20ClN3O2. The lowest BCUT2D eigenvalue weighted by Gasteiger charge is -2.33. The SMILES string of the molecule is C[C@@H](N)C1CCN(C(=O)c2cc(-c3ccccc3Cl)no2)CC1. The minimum absolute atomic E-state index is 0.126. The van der Waals surface area contributed by atoms with Crippen molar-refractivity contribution in [2.24, 2.45) is 11.7 Å². The van der Waals surface area contributed by atoms with Crippen LogP contribution < -0.4 is 5.73 Å². The third-order valence-corrected chi connectivity index (χ3v) is 4.77. The molecule has 2 heterocycles. The highest BCUT2D eigenvalue weighted by Crippen LogP contribution is 2.28. The molecular weight excluding hydrogens is 314 g/mol. The molecule has 0 saturated carbocycles. The summed E-state index contributed by atoms with van der Waals surface area (Å²) in [5, 5.41) is 4.56. The summed E-state index contributed by atoms with van der Waals surface area (Å²) < 4.78 is 5.24. The Bertz CT molecular complexity index is 691. The molecule has 0 spiro atoms. The second kappa shape index (κ2) is 6.72. The number of benzene rings is 1.